The third kappa shape index (κ3) is 3.59. The third-order valence-corrected chi connectivity index (χ3v) is 4.55. The van der Waals surface area contributed by atoms with Crippen molar-refractivity contribution in [2.45, 2.75) is 39.5 Å². The molecule has 5 nitrogen and oxygen atoms in total. The summed E-state index contributed by atoms with van der Waals surface area (Å²) < 4.78 is 5.53. The lowest BCUT2D eigenvalue weighted by atomic mass is 10.1. The minimum atomic E-state index is -0.103. The highest BCUT2D eigenvalue weighted by Crippen LogP contribution is 2.24. The fourth-order valence-corrected chi connectivity index (χ4v) is 3.30. The Kier molecular flexibility index (Phi) is 4.71. The van der Waals surface area contributed by atoms with Gasteiger partial charge < -0.3 is 9.73 Å². The van der Waals surface area contributed by atoms with Crippen LogP contribution in [0.15, 0.2) is 28.9 Å². The lowest BCUT2D eigenvalue weighted by Gasteiger charge is -2.01. The Hall–Kier alpha value is -2.21. The fourth-order valence-electron chi connectivity index (χ4n) is 2.44. The topological polar surface area (TPSA) is 68.0 Å². The van der Waals surface area contributed by atoms with Gasteiger partial charge >= 0.3 is 0 Å². The maximum Gasteiger partial charge on any atom is 0.230 e. The molecule has 1 amide bonds. The Balaban J connectivity index is 1.72. The van der Waals surface area contributed by atoms with Crippen LogP contribution in [0.25, 0.3) is 11.0 Å². The van der Waals surface area contributed by atoms with Crippen molar-refractivity contribution in [3.8, 4) is 0 Å². The van der Waals surface area contributed by atoms with Crippen LogP contribution in [0.4, 0.5) is 5.13 Å². The van der Waals surface area contributed by atoms with Gasteiger partial charge in [0, 0.05) is 17.4 Å². The van der Waals surface area contributed by atoms with E-state index >= 15 is 0 Å². The van der Waals surface area contributed by atoms with Gasteiger partial charge in [0.1, 0.15) is 10.6 Å². The van der Waals surface area contributed by atoms with E-state index in [1.165, 1.54) is 16.9 Å². The number of amides is 1. The lowest BCUT2D eigenvalue weighted by molar-refractivity contribution is -0.115. The van der Waals surface area contributed by atoms with Crippen molar-refractivity contribution >= 4 is 33.3 Å². The molecule has 1 aromatic carbocycles. The Morgan fingerprint density at radius 1 is 1.30 bits per heavy atom. The van der Waals surface area contributed by atoms with Crippen molar-refractivity contribution in [1.29, 1.82) is 0 Å². The van der Waals surface area contributed by atoms with Gasteiger partial charge in [-0.15, -0.1) is 10.2 Å². The van der Waals surface area contributed by atoms with Gasteiger partial charge in [0.05, 0.1) is 12.7 Å². The molecule has 0 fully saturated rings. The average molecular weight is 329 g/mol. The zero-order chi connectivity index (χ0) is 16.2. The molecular formula is C17H19N3O2S. The van der Waals surface area contributed by atoms with E-state index in [0.717, 1.165) is 40.8 Å². The first kappa shape index (κ1) is 15.7. The number of anilines is 1. The van der Waals surface area contributed by atoms with Gasteiger partial charge in [-0.1, -0.05) is 31.3 Å². The van der Waals surface area contributed by atoms with Crippen molar-refractivity contribution in [1.82, 2.24) is 10.2 Å². The molecule has 23 heavy (non-hydrogen) atoms. The predicted molar refractivity (Wildman–Crippen MR) is 91.8 cm³/mol. The Bertz CT molecular complexity index is 822. The molecule has 2 aromatic heterocycles. The summed E-state index contributed by atoms with van der Waals surface area (Å²) in [5.41, 5.74) is 2.94. The smallest absolute Gasteiger partial charge is 0.230 e. The molecule has 0 saturated carbocycles. The second-order valence-corrected chi connectivity index (χ2v) is 6.48. The van der Waals surface area contributed by atoms with Crippen LogP contribution in [0, 0.1) is 0 Å². The van der Waals surface area contributed by atoms with Crippen LogP contribution < -0.4 is 5.32 Å². The highest BCUT2D eigenvalue weighted by atomic mass is 32.1. The molecule has 0 aliphatic rings. The summed E-state index contributed by atoms with van der Waals surface area (Å²) in [4.78, 5) is 12.2. The number of hydrogen-bond donors (Lipinski definition) is 1. The van der Waals surface area contributed by atoms with Crippen molar-refractivity contribution in [3.63, 3.8) is 0 Å². The number of nitrogens with one attached hydrogen (secondary N) is 1. The number of rotatable bonds is 6. The minimum Gasteiger partial charge on any atom is -0.464 e. The molecule has 0 aliphatic heterocycles. The summed E-state index contributed by atoms with van der Waals surface area (Å²) in [5, 5.41) is 13.4. The molecule has 0 spiro atoms. The standard InChI is InChI=1S/C17H19N3O2S/c1-3-5-16-19-20-17(23-16)18-15(21)9-12-10-22-14-7-6-11(4-2)8-13(12)14/h6-8,10H,3-5,9H2,1-2H3,(H,18,20,21). The third-order valence-electron chi connectivity index (χ3n) is 3.65. The largest absolute Gasteiger partial charge is 0.464 e. The molecule has 0 unspecified atom stereocenters. The van der Waals surface area contributed by atoms with Crippen LogP contribution in [0.5, 0.6) is 0 Å². The number of aryl methyl sites for hydroxylation is 2. The van der Waals surface area contributed by atoms with E-state index in [9.17, 15) is 4.79 Å². The maximum absolute atomic E-state index is 12.2. The number of nitrogens with zero attached hydrogens (tertiary/aromatic N) is 2. The zero-order valence-electron chi connectivity index (χ0n) is 13.3. The molecule has 0 saturated heterocycles. The van der Waals surface area contributed by atoms with Gasteiger partial charge in [0.2, 0.25) is 11.0 Å². The first-order valence-corrected chi connectivity index (χ1v) is 8.62. The van der Waals surface area contributed by atoms with Gasteiger partial charge in [-0.2, -0.15) is 0 Å². The minimum absolute atomic E-state index is 0.103. The number of carbonyl (C=O) groups excluding carboxylic acids is 1. The van der Waals surface area contributed by atoms with Crippen molar-refractivity contribution in [2.24, 2.45) is 0 Å². The SMILES string of the molecule is CCCc1nnc(NC(=O)Cc2coc3ccc(CC)cc23)s1. The van der Waals surface area contributed by atoms with Gasteiger partial charge in [0.15, 0.2) is 0 Å². The summed E-state index contributed by atoms with van der Waals surface area (Å²) in [6, 6.07) is 6.09. The van der Waals surface area contributed by atoms with Gasteiger partial charge in [-0.05, 0) is 30.5 Å². The Labute approximate surface area is 138 Å². The first-order valence-electron chi connectivity index (χ1n) is 7.80. The normalized spacial score (nSPS) is 11.0. The summed E-state index contributed by atoms with van der Waals surface area (Å²) >= 11 is 1.43. The van der Waals surface area contributed by atoms with E-state index in [2.05, 4.69) is 35.4 Å². The quantitative estimate of drug-likeness (QED) is 0.743. The molecule has 3 rings (SSSR count). The van der Waals surface area contributed by atoms with Gasteiger partial charge in [0.25, 0.3) is 0 Å². The molecule has 6 heteroatoms. The maximum atomic E-state index is 12.2. The summed E-state index contributed by atoms with van der Waals surface area (Å²) in [5.74, 6) is -0.103. The number of carbonyl (C=O) groups is 1. The van der Waals surface area contributed by atoms with Crippen LogP contribution in [0.1, 0.15) is 36.4 Å². The van der Waals surface area contributed by atoms with Gasteiger partial charge in [-0.3, -0.25) is 4.79 Å². The number of furan rings is 1. The second-order valence-electron chi connectivity index (χ2n) is 5.42. The number of aromatic nitrogens is 2. The summed E-state index contributed by atoms with van der Waals surface area (Å²) in [6.07, 6.45) is 4.79. The van der Waals surface area contributed by atoms with Crippen LogP contribution in [-0.4, -0.2) is 16.1 Å². The summed E-state index contributed by atoms with van der Waals surface area (Å²) in [6.45, 7) is 4.20. The van der Waals surface area contributed by atoms with Crippen LogP contribution >= 0.6 is 11.3 Å². The molecule has 0 aliphatic carbocycles. The molecule has 0 atom stereocenters. The number of fused-ring (bicyclic) bond motifs is 1. The predicted octanol–water partition coefficient (Wildman–Crippen LogP) is 3.98. The highest BCUT2D eigenvalue weighted by Gasteiger charge is 2.13. The van der Waals surface area contributed by atoms with E-state index < -0.39 is 0 Å². The fraction of sp³-hybridized carbons (Fsp3) is 0.353. The molecule has 1 N–H and O–H groups in total. The number of benzene rings is 1. The van der Waals surface area contributed by atoms with E-state index in [0.29, 0.717) is 5.13 Å². The average Bonchev–Trinajstić information content (AvgIpc) is 3.14. The molecule has 2 heterocycles. The van der Waals surface area contributed by atoms with Crippen molar-refractivity contribution < 1.29 is 9.21 Å². The summed E-state index contributed by atoms with van der Waals surface area (Å²) in [7, 11) is 0. The van der Waals surface area contributed by atoms with Crippen molar-refractivity contribution in [3.05, 3.63) is 40.6 Å². The number of hydrogen-bond acceptors (Lipinski definition) is 5. The molecule has 3 aromatic rings. The van der Waals surface area contributed by atoms with E-state index in [4.69, 9.17) is 4.42 Å². The van der Waals surface area contributed by atoms with Crippen LogP contribution in [-0.2, 0) is 24.1 Å². The van der Waals surface area contributed by atoms with Crippen molar-refractivity contribution in [2.75, 3.05) is 5.32 Å². The lowest BCUT2D eigenvalue weighted by Crippen LogP contribution is -2.14. The van der Waals surface area contributed by atoms with Crippen LogP contribution in [0.3, 0.4) is 0 Å². The van der Waals surface area contributed by atoms with E-state index in [-0.39, 0.29) is 12.3 Å². The van der Waals surface area contributed by atoms with E-state index in [1.54, 1.807) is 6.26 Å². The second kappa shape index (κ2) is 6.91. The Morgan fingerprint density at radius 2 is 2.17 bits per heavy atom. The zero-order valence-corrected chi connectivity index (χ0v) is 14.1. The molecule has 0 radical (unpaired) electrons. The van der Waals surface area contributed by atoms with E-state index in [1.807, 2.05) is 12.1 Å². The Morgan fingerprint density at radius 3 is 2.96 bits per heavy atom. The molecule has 0 bridgehead atoms. The molecule has 120 valence electrons. The van der Waals surface area contributed by atoms with Gasteiger partial charge in [-0.25, -0.2) is 0 Å². The first-order chi connectivity index (χ1) is 11.2. The highest BCUT2D eigenvalue weighted by molar-refractivity contribution is 7.15. The molecular weight excluding hydrogens is 310 g/mol. The monoisotopic (exact) mass is 329 g/mol. The van der Waals surface area contributed by atoms with Crippen LogP contribution in [0.2, 0.25) is 0 Å².